The summed E-state index contributed by atoms with van der Waals surface area (Å²) in [6.07, 6.45) is 0.181. The lowest BCUT2D eigenvalue weighted by atomic mass is 10.1. The summed E-state index contributed by atoms with van der Waals surface area (Å²) in [5.41, 5.74) is 2.42. The molecule has 1 aromatic heterocycles. The molecule has 0 spiro atoms. The Hall–Kier alpha value is -3.13. The Kier molecular flexibility index (Phi) is 5.35. The first-order valence-electron chi connectivity index (χ1n) is 9.29. The van der Waals surface area contributed by atoms with Crippen LogP contribution >= 0.6 is 11.3 Å². The summed E-state index contributed by atoms with van der Waals surface area (Å²) in [6.45, 7) is 4.59. The van der Waals surface area contributed by atoms with Gasteiger partial charge in [0.25, 0.3) is 5.91 Å². The number of nitrogens with zero attached hydrogens (tertiary/aromatic N) is 2. The molecule has 1 amide bonds. The molecule has 1 aliphatic rings. The van der Waals surface area contributed by atoms with Gasteiger partial charge in [0.05, 0.1) is 23.2 Å². The number of carbonyl (C=O) groups is 2. The molecule has 0 N–H and O–H groups in total. The number of rotatable bonds is 5. The number of ether oxygens (including phenoxy) is 3. The maximum absolute atomic E-state index is 12.7. The highest BCUT2D eigenvalue weighted by Crippen LogP contribution is 2.37. The molecule has 4 rings (SSSR count). The van der Waals surface area contributed by atoms with Crippen LogP contribution in [0, 0.1) is 6.92 Å². The van der Waals surface area contributed by atoms with E-state index in [0.717, 1.165) is 15.8 Å². The Bertz CT molecular complexity index is 1140. The van der Waals surface area contributed by atoms with Crippen molar-refractivity contribution in [3.8, 4) is 11.5 Å². The van der Waals surface area contributed by atoms with Gasteiger partial charge in [-0.15, -0.1) is 0 Å². The van der Waals surface area contributed by atoms with Gasteiger partial charge in [0, 0.05) is 24.2 Å². The number of fused-ring (bicyclic) bond motifs is 2. The van der Waals surface area contributed by atoms with Crippen LogP contribution in [0.25, 0.3) is 10.2 Å². The standard InChI is InChI=1S/C21H20N2O5S/c1-3-26-19(24)8-9-23-15-10-16-17(28-12-27-16)11-18(15)29-21(23)22-20(25)14-6-4-13(2)5-7-14/h4-7,10-11H,3,8-9,12H2,1-2H3. The van der Waals surface area contributed by atoms with Crippen LogP contribution in [0.3, 0.4) is 0 Å². The van der Waals surface area contributed by atoms with E-state index in [1.165, 1.54) is 11.3 Å². The van der Waals surface area contributed by atoms with Gasteiger partial charge in [-0.2, -0.15) is 4.99 Å². The minimum atomic E-state index is -0.332. The largest absolute Gasteiger partial charge is 0.466 e. The van der Waals surface area contributed by atoms with Crippen LogP contribution in [-0.4, -0.2) is 29.8 Å². The fraction of sp³-hybridized carbons (Fsp3) is 0.286. The highest BCUT2D eigenvalue weighted by molar-refractivity contribution is 7.16. The average Bonchev–Trinajstić information content (AvgIpc) is 3.28. The number of esters is 1. The van der Waals surface area contributed by atoms with Gasteiger partial charge in [-0.25, -0.2) is 0 Å². The second kappa shape index (κ2) is 8.08. The van der Waals surface area contributed by atoms with Crippen molar-refractivity contribution in [2.75, 3.05) is 13.4 Å². The van der Waals surface area contributed by atoms with Gasteiger partial charge in [-0.3, -0.25) is 9.59 Å². The first-order valence-corrected chi connectivity index (χ1v) is 10.1. The van der Waals surface area contributed by atoms with Gasteiger partial charge in [0.15, 0.2) is 16.3 Å². The normalized spacial score (nSPS) is 13.1. The number of amides is 1. The maximum atomic E-state index is 12.7. The zero-order valence-corrected chi connectivity index (χ0v) is 17.0. The van der Waals surface area contributed by atoms with Crippen LogP contribution in [0.15, 0.2) is 41.4 Å². The predicted molar refractivity (Wildman–Crippen MR) is 108 cm³/mol. The summed E-state index contributed by atoms with van der Waals surface area (Å²) in [5.74, 6) is 0.668. The van der Waals surface area contributed by atoms with Crippen LogP contribution in [0.5, 0.6) is 11.5 Å². The van der Waals surface area contributed by atoms with Crippen molar-refractivity contribution >= 4 is 33.4 Å². The van der Waals surface area contributed by atoms with Crippen LogP contribution in [0.2, 0.25) is 0 Å². The van der Waals surface area contributed by atoms with Gasteiger partial charge < -0.3 is 18.8 Å². The first kappa shape index (κ1) is 19.2. The first-order chi connectivity index (χ1) is 14.0. The molecule has 2 aromatic carbocycles. The third-order valence-corrected chi connectivity index (χ3v) is 5.56. The second-order valence-corrected chi connectivity index (χ2v) is 7.56. The molecule has 0 unspecified atom stereocenters. The highest BCUT2D eigenvalue weighted by Gasteiger charge is 2.18. The molecule has 0 aliphatic carbocycles. The van der Waals surface area contributed by atoms with Crippen molar-refractivity contribution in [2.24, 2.45) is 4.99 Å². The third-order valence-electron chi connectivity index (χ3n) is 4.52. The van der Waals surface area contributed by atoms with Gasteiger partial charge >= 0.3 is 5.97 Å². The summed E-state index contributed by atoms with van der Waals surface area (Å²) < 4.78 is 18.7. The minimum absolute atomic E-state index is 0.179. The molecule has 2 heterocycles. The number of aryl methyl sites for hydroxylation is 2. The topological polar surface area (TPSA) is 79.1 Å². The molecular formula is C21H20N2O5S. The van der Waals surface area contributed by atoms with E-state index in [-0.39, 0.29) is 25.1 Å². The zero-order valence-electron chi connectivity index (χ0n) is 16.1. The second-order valence-electron chi connectivity index (χ2n) is 6.55. The summed E-state index contributed by atoms with van der Waals surface area (Å²) in [5, 5.41) is 0. The van der Waals surface area contributed by atoms with Crippen molar-refractivity contribution in [3.63, 3.8) is 0 Å². The lowest BCUT2D eigenvalue weighted by Gasteiger charge is -2.06. The molecule has 0 fully saturated rings. The average molecular weight is 412 g/mol. The van der Waals surface area contributed by atoms with Crippen LogP contribution < -0.4 is 14.3 Å². The van der Waals surface area contributed by atoms with E-state index in [1.54, 1.807) is 19.1 Å². The van der Waals surface area contributed by atoms with Gasteiger partial charge in [-0.05, 0) is 26.0 Å². The van der Waals surface area contributed by atoms with Crippen LogP contribution in [0.1, 0.15) is 29.3 Å². The van der Waals surface area contributed by atoms with Gasteiger partial charge in [0.1, 0.15) is 0 Å². The molecule has 29 heavy (non-hydrogen) atoms. The molecule has 7 nitrogen and oxygen atoms in total. The molecule has 0 atom stereocenters. The predicted octanol–water partition coefficient (Wildman–Crippen LogP) is 3.43. The number of benzene rings is 2. The quantitative estimate of drug-likeness (QED) is 0.600. The van der Waals surface area contributed by atoms with E-state index in [2.05, 4.69) is 4.99 Å². The molecule has 0 bridgehead atoms. The number of thiazole rings is 1. The van der Waals surface area contributed by atoms with Crippen molar-refractivity contribution in [1.82, 2.24) is 4.57 Å². The molecule has 3 aromatic rings. The van der Waals surface area contributed by atoms with Crippen molar-refractivity contribution in [1.29, 1.82) is 0 Å². The Balaban J connectivity index is 1.76. The van der Waals surface area contributed by atoms with Crippen molar-refractivity contribution < 1.29 is 23.8 Å². The lowest BCUT2D eigenvalue weighted by Crippen LogP contribution is -2.19. The number of hydrogen-bond donors (Lipinski definition) is 0. The van der Waals surface area contributed by atoms with Crippen molar-refractivity contribution in [3.05, 3.63) is 52.3 Å². The molecule has 1 aliphatic heterocycles. The molecule has 0 saturated heterocycles. The van der Waals surface area contributed by atoms with E-state index in [1.807, 2.05) is 35.8 Å². The molecule has 0 saturated carbocycles. The number of aromatic nitrogens is 1. The van der Waals surface area contributed by atoms with E-state index in [4.69, 9.17) is 14.2 Å². The monoisotopic (exact) mass is 412 g/mol. The summed E-state index contributed by atoms with van der Waals surface area (Å²) in [6, 6.07) is 11.0. The lowest BCUT2D eigenvalue weighted by molar-refractivity contribution is -0.143. The smallest absolute Gasteiger partial charge is 0.307 e. The summed E-state index contributed by atoms with van der Waals surface area (Å²) in [4.78, 5) is 29.4. The molecule has 150 valence electrons. The fourth-order valence-electron chi connectivity index (χ4n) is 3.04. The van der Waals surface area contributed by atoms with Gasteiger partial charge in [0.2, 0.25) is 6.79 Å². The zero-order chi connectivity index (χ0) is 20.4. The summed E-state index contributed by atoms with van der Waals surface area (Å²) in [7, 11) is 0. The Morgan fingerprint density at radius 2 is 1.90 bits per heavy atom. The Labute approximate surface area is 171 Å². The fourth-order valence-corrected chi connectivity index (χ4v) is 4.11. The SMILES string of the molecule is CCOC(=O)CCn1c(=NC(=O)c2ccc(C)cc2)sc2cc3c(cc21)OCO3. The van der Waals surface area contributed by atoms with Crippen LogP contribution in [0.4, 0.5) is 0 Å². The number of carbonyl (C=O) groups excluding carboxylic acids is 2. The van der Waals surface area contributed by atoms with E-state index in [9.17, 15) is 9.59 Å². The third kappa shape index (κ3) is 4.02. The van der Waals surface area contributed by atoms with E-state index >= 15 is 0 Å². The van der Waals surface area contributed by atoms with E-state index in [0.29, 0.717) is 35.0 Å². The molecule has 8 heteroatoms. The maximum Gasteiger partial charge on any atom is 0.307 e. The Morgan fingerprint density at radius 3 is 2.62 bits per heavy atom. The molecule has 0 radical (unpaired) electrons. The Morgan fingerprint density at radius 1 is 1.17 bits per heavy atom. The number of hydrogen-bond acceptors (Lipinski definition) is 6. The van der Waals surface area contributed by atoms with Crippen molar-refractivity contribution in [2.45, 2.75) is 26.8 Å². The summed E-state index contributed by atoms with van der Waals surface area (Å²) >= 11 is 1.37. The van der Waals surface area contributed by atoms with Crippen LogP contribution in [-0.2, 0) is 16.1 Å². The minimum Gasteiger partial charge on any atom is -0.466 e. The van der Waals surface area contributed by atoms with E-state index < -0.39 is 0 Å². The van der Waals surface area contributed by atoms with Gasteiger partial charge in [-0.1, -0.05) is 29.0 Å². The highest BCUT2D eigenvalue weighted by atomic mass is 32.1. The molecular weight excluding hydrogens is 392 g/mol.